The number of ether oxygens (including phenoxy) is 3. The van der Waals surface area contributed by atoms with E-state index in [2.05, 4.69) is 10.5 Å². The number of hydrazone groups is 1. The molecule has 0 aliphatic carbocycles. The maximum absolute atomic E-state index is 11.9. The lowest BCUT2D eigenvalue weighted by molar-refractivity contribution is -0.123. The Morgan fingerprint density at radius 2 is 1.92 bits per heavy atom. The summed E-state index contributed by atoms with van der Waals surface area (Å²) in [4.78, 5) is 11.9. The number of nitrogens with one attached hydrogen (secondary N) is 1. The Hall–Kier alpha value is -3.02. The quantitative estimate of drug-likeness (QED) is 0.620. The number of hydrogen-bond donors (Lipinski definition) is 1. The molecule has 132 valence electrons. The molecular weight excluding hydrogens is 320 g/mol. The monoisotopic (exact) mass is 342 g/mol. The Labute approximate surface area is 147 Å². The lowest BCUT2D eigenvalue weighted by atomic mass is 10.1. The molecule has 2 aromatic rings. The smallest absolute Gasteiger partial charge is 0.277 e. The number of carbonyl (C=O) groups is 1. The average molecular weight is 342 g/mol. The van der Waals surface area contributed by atoms with Gasteiger partial charge in [-0.05, 0) is 49.2 Å². The van der Waals surface area contributed by atoms with Crippen LogP contribution in [0, 0.1) is 13.8 Å². The van der Waals surface area contributed by atoms with E-state index in [4.69, 9.17) is 14.2 Å². The second-order valence-electron chi connectivity index (χ2n) is 5.39. The topological polar surface area (TPSA) is 69.2 Å². The number of aryl methyl sites for hydroxylation is 1. The summed E-state index contributed by atoms with van der Waals surface area (Å²) in [5, 5.41) is 3.94. The Morgan fingerprint density at radius 1 is 1.12 bits per heavy atom. The van der Waals surface area contributed by atoms with Gasteiger partial charge in [-0.1, -0.05) is 12.1 Å². The second kappa shape index (κ2) is 8.73. The minimum absolute atomic E-state index is 0.114. The van der Waals surface area contributed by atoms with E-state index in [0.29, 0.717) is 22.8 Å². The first-order valence-corrected chi connectivity index (χ1v) is 7.78. The molecule has 1 amide bonds. The number of nitrogens with zero attached hydrogens (tertiary/aromatic N) is 1. The Bertz CT molecular complexity index is 772. The van der Waals surface area contributed by atoms with E-state index in [9.17, 15) is 4.79 Å². The highest BCUT2D eigenvalue weighted by molar-refractivity contribution is 5.86. The lowest BCUT2D eigenvalue weighted by Gasteiger charge is -2.10. The van der Waals surface area contributed by atoms with Crippen LogP contribution in [0.3, 0.4) is 0 Å². The predicted molar refractivity (Wildman–Crippen MR) is 96.7 cm³/mol. The van der Waals surface area contributed by atoms with Crippen molar-refractivity contribution < 1.29 is 19.0 Å². The number of carbonyl (C=O) groups excluding carboxylic acids is 1. The number of rotatable bonds is 7. The number of hydrogen-bond acceptors (Lipinski definition) is 5. The molecule has 0 heterocycles. The Balaban J connectivity index is 1.93. The zero-order chi connectivity index (χ0) is 18.2. The van der Waals surface area contributed by atoms with Crippen molar-refractivity contribution in [3.63, 3.8) is 0 Å². The summed E-state index contributed by atoms with van der Waals surface area (Å²) in [5.74, 6) is 1.64. The minimum atomic E-state index is -0.348. The standard InChI is InChI=1S/C19H22N2O4/c1-13-6-5-7-17(14(13)2)25-12-19(22)21-20-11-15-10-16(23-3)8-9-18(15)24-4/h5-11H,12H2,1-4H3,(H,21,22)/b20-11+. The zero-order valence-corrected chi connectivity index (χ0v) is 14.8. The van der Waals surface area contributed by atoms with Crippen LogP contribution < -0.4 is 19.6 Å². The third-order valence-corrected chi connectivity index (χ3v) is 3.74. The Kier molecular flexibility index (Phi) is 6.39. The minimum Gasteiger partial charge on any atom is -0.497 e. The molecule has 0 saturated heterocycles. The van der Waals surface area contributed by atoms with Crippen molar-refractivity contribution in [2.75, 3.05) is 20.8 Å². The van der Waals surface area contributed by atoms with Gasteiger partial charge in [0.15, 0.2) is 6.61 Å². The van der Waals surface area contributed by atoms with Crippen LogP contribution in [0.15, 0.2) is 41.5 Å². The van der Waals surface area contributed by atoms with Gasteiger partial charge in [0.2, 0.25) is 0 Å². The van der Waals surface area contributed by atoms with Gasteiger partial charge in [-0.3, -0.25) is 4.79 Å². The van der Waals surface area contributed by atoms with Crippen LogP contribution in [0.5, 0.6) is 17.2 Å². The summed E-state index contributed by atoms with van der Waals surface area (Å²) in [7, 11) is 3.14. The van der Waals surface area contributed by atoms with Crippen LogP contribution >= 0.6 is 0 Å². The summed E-state index contributed by atoms with van der Waals surface area (Å²) >= 11 is 0. The van der Waals surface area contributed by atoms with Gasteiger partial charge in [-0.25, -0.2) is 5.43 Å². The van der Waals surface area contributed by atoms with Crippen molar-refractivity contribution in [3.05, 3.63) is 53.1 Å². The van der Waals surface area contributed by atoms with E-state index in [1.807, 2.05) is 32.0 Å². The van der Waals surface area contributed by atoms with E-state index in [-0.39, 0.29) is 12.5 Å². The molecule has 0 bridgehead atoms. The van der Waals surface area contributed by atoms with Crippen molar-refractivity contribution in [2.24, 2.45) is 5.10 Å². The normalized spacial score (nSPS) is 10.6. The van der Waals surface area contributed by atoms with Crippen molar-refractivity contribution in [3.8, 4) is 17.2 Å². The molecule has 0 spiro atoms. The fourth-order valence-corrected chi connectivity index (χ4v) is 2.17. The summed E-state index contributed by atoms with van der Waals surface area (Å²) in [6.07, 6.45) is 1.50. The highest BCUT2D eigenvalue weighted by Gasteiger charge is 2.06. The lowest BCUT2D eigenvalue weighted by Crippen LogP contribution is -2.24. The first-order chi connectivity index (χ1) is 12.0. The third-order valence-electron chi connectivity index (χ3n) is 3.74. The highest BCUT2D eigenvalue weighted by Crippen LogP contribution is 2.22. The van der Waals surface area contributed by atoms with Gasteiger partial charge >= 0.3 is 0 Å². The highest BCUT2D eigenvalue weighted by atomic mass is 16.5. The maximum atomic E-state index is 11.9. The molecule has 1 N–H and O–H groups in total. The molecule has 0 unspecified atom stereocenters. The molecule has 25 heavy (non-hydrogen) atoms. The number of amides is 1. The molecule has 0 saturated carbocycles. The first-order valence-electron chi connectivity index (χ1n) is 7.78. The Morgan fingerprint density at radius 3 is 2.64 bits per heavy atom. The van der Waals surface area contributed by atoms with E-state index in [1.54, 1.807) is 32.4 Å². The summed E-state index contributed by atoms with van der Waals surface area (Å²) in [6.45, 7) is 3.83. The molecule has 0 radical (unpaired) electrons. The molecular formula is C19H22N2O4. The van der Waals surface area contributed by atoms with Gasteiger partial charge in [0.05, 0.1) is 20.4 Å². The zero-order valence-electron chi connectivity index (χ0n) is 14.8. The summed E-state index contributed by atoms with van der Waals surface area (Å²) in [5.41, 5.74) is 5.25. The largest absolute Gasteiger partial charge is 0.497 e. The van der Waals surface area contributed by atoms with Crippen LogP contribution in [0.2, 0.25) is 0 Å². The summed E-state index contributed by atoms with van der Waals surface area (Å²) < 4.78 is 15.9. The van der Waals surface area contributed by atoms with Crippen molar-refractivity contribution in [2.45, 2.75) is 13.8 Å². The van der Waals surface area contributed by atoms with Gasteiger partial charge in [0.25, 0.3) is 5.91 Å². The second-order valence-corrected chi connectivity index (χ2v) is 5.39. The SMILES string of the molecule is COc1ccc(OC)c(/C=N/NC(=O)COc2cccc(C)c2C)c1. The average Bonchev–Trinajstić information content (AvgIpc) is 2.62. The molecule has 0 aliphatic heterocycles. The van der Waals surface area contributed by atoms with E-state index in [0.717, 1.165) is 11.1 Å². The van der Waals surface area contributed by atoms with E-state index in [1.165, 1.54) is 6.21 Å². The van der Waals surface area contributed by atoms with Crippen molar-refractivity contribution >= 4 is 12.1 Å². The fourth-order valence-electron chi connectivity index (χ4n) is 2.17. The summed E-state index contributed by atoms with van der Waals surface area (Å²) in [6, 6.07) is 11.0. The van der Waals surface area contributed by atoms with Crippen molar-refractivity contribution in [1.29, 1.82) is 0 Å². The molecule has 0 atom stereocenters. The molecule has 0 fully saturated rings. The maximum Gasteiger partial charge on any atom is 0.277 e. The van der Waals surface area contributed by atoms with Crippen molar-refractivity contribution in [1.82, 2.24) is 5.43 Å². The van der Waals surface area contributed by atoms with Crippen LogP contribution in [-0.2, 0) is 4.79 Å². The van der Waals surface area contributed by atoms with Gasteiger partial charge in [0.1, 0.15) is 17.2 Å². The van der Waals surface area contributed by atoms with Gasteiger partial charge in [-0.2, -0.15) is 5.10 Å². The van der Waals surface area contributed by atoms with Crippen LogP contribution in [0.4, 0.5) is 0 Å². The van der Waals surface area contributed by atoms with Gasteiger partial charge in [-0.15, -0.1) is 0 Å². The van der Waals surface area contributed by atoms with Gasteiger partial charge < -0.3 is 14.2 Å². The third kappa shape index (κ3) is 4.97. The first kappa shape index (κ1) is 18.3. The van der Waals surface area contributed by atoms with E-state index < -0.39 is 0 Å². The molecule has 6 heteroatoms. The predicted octanol–water partition coefficient (Wildman–Crippen LogP) is 2.85. The molecule has 6 nitrogen and oxygen atoms in total. The fraction of sp³-hybridized carbons (Fsp3) is 0.263. The number of methoxy groups -OCH3 is 2. The molecule has 0 aliphatic rings. The van der Waals surface area contributed by atoms with Crippen LogP contribution in [-0.4, -0.2) is 32.9 Å². The number of benzene rings is 2. The molecule has 0 aromatic heterocycles. The molecule has 2 aromatic carbocycles. The van der Waals surface area contributed by atoms with Crippen LogP contribution in [0.1, 0.15) is 16.7 Å². The van der Waals surface area contributed by atoms with Gasteiger partial charge in [0, 0.05) is 5.56 Å². The van der Waals surface area contributed by atoms with E-state index >= 15 is 0 Å². The van der Waals surface area contributed by atoms with Crippen LogP contribution in [0.25, 0.3) is 0 Å². The molecule has 2 rings (SSSR count).